The molecule has 1 heterocycles. The normalized spacial score (nSPS) is 20.1. The van der Waals surface area contributed by atoms with Gasteiger partial charge in [-0.25, -0.2) is 0 Å². The summed E-state index contributed by atoms with van der Waals surface area (Å²) >= 11 is 0. The third-order valence-corrected chi connectivity index (χ3v) is 7.14. The highest BCUT2D eigenvalue weighted by atomic mass is 16.7. The standard InChI is InChI=1S/C29H54N2O6/c1-7-9-10-11-12-13-14-15-16-17-18-19-24(32)30-22(8-2)23(20-25(33)34)31-27(35)26-28(3,4)21-36-29(5,6)37-26/h22-23,26H,7-21H2,1-6H3,(H,30,32)(H,31,35)(H,33,34). The molecule has 1 rings (SSSR count). The molecule has 3 unspecified atom stereocenters. The number of hydrogen-bond donors (Lipinski definition) is 3. The summed E-state index contributed by atoms with van der Waals surface area (Å²) in [5.74, 6) is -2.43. The Bertz CT molecular complexity index is 694. The van der Waals surface area contributed by atoms with E-state index in [0.29, 0.717) is 19.4 Å². The van der Waals surface area contributed by atoms with Crippen LogP contribution in [0.15, 0.2) is 0 Å². The van der Waals surface area contributed by atoms with Crippen LogP contribution in [0.5, 0.6) is 0 Å². The van der Waals surface area contributed by atoms with E-state index in [1.54, 1.807) is 13.8 Å². The lowest BCUT2D eigenvalue weighted by Crippen LogP contribution is -2.60. The molecule has 0 aromatic rings. The van der Waals surface area contributed by atoms with E-state index in [1.807, 2.05) is 20.8 Å². The van der Waals surface area contributed by atoms with Crippen LogP contribution < -0.4 is 10.6 Å². The van der Waals surface area contributed by atoms with Crippen LogP contribution in [0.4, 0.5) is 0 Å². The van der Waals surface area contributed by atoms with Gasteiger partial charge in [0.25, 0.3) is 0 Å². The molecule has 216 valence electrons. The summed E-state index contributed by atoms with van der Waals surface area (Å²) in [6.07, 6.45) is 13.2. The van der Waals surface area contributed by atoms with Crippen molar-refractivity contribution in [2.45, 2.75) is 155 Å². The smallest absolute Gasteiger partial charge is 0.305 e. The van der Waals surface area contributed by atoms with Crippen molar-refractivity contribution in [3.63, 3.8) is 0 Å². The van der Waals surface area contributed by atoms with Gasteiger partial charge in [-0.1, -0.05) is 91.9 Å². The second kappa shape index (κ2) is 17.0. The summed E-state index contributed by atoms with van der Waals surface area (Å²) in [5, 5.41) is 15.3. The average Bonchev–Trinajstić information content (AvgIpc) is 2.82. The SMILES string of the molecule is CCCCCCCCCCCCCC(=O)NC(CC)C(CC(=O)O)NC(=O)C1OC(C)(C)OCC1(C)C. The number of amides is 2. The van der Waals surface area contributed by atoms with Crippen molar-refractivity contribution < 1.29 is 29.0 Å². The molecule has 2 amide bonds. The van der Waals surface area contributed by atoms with E-state index in [-0.39, 0.29) is 18.2 Å². The minimum absolute atomic E-state index is 0.101. The molecule has 0 radical (unpaired) electrons. The highest BCUT2D eigenvalue weighted by Gasteiger charge is 2.46. The van der Waals surface area contributed by atoms with Crippen LogP contribution in [0.1, 0.15) is 131 Å². The van der Waals surface area contributed by atoms with Gasteiger partial charge in [0.1, 0.15) is 6.10 Å². The maximum absolute atomic E-state index is 13.2. The second-order valence-electron chi connectivity index (χ2n) is 11.8. The molecule has 1 fully saturated rings. The van der Waals surface area contributed by atoms with Gasteiger partial charge in [-0.15, -0.1) is 0 Å². The average molecular weight is 527 g/mol. The van der Waals surface area contributed by atoms with Crippen LogP contribution >= 0.6 is 0 Å². The number of carboxylic acid groups (broad SMARTS) is 1. The highest BCUT2D eigenvalue weighted by Crippen LogP contribution is 2.35. The minimum Gasteiger partial charge on any atom is -0.481 e. The van der Waals surface area contributed by atoms with Crippen LogP contribution in [0.3, 0.4) is 0 Å². The molecule has 1 aliphatic heterocycles. The van der Waals surface area contributed by atoms with E-state index in [1.165, 1.54) is 51.4 Å². The first-order chi connectivity index (χ1) is 17.4. The molecule has 0 saturated carbocycles. The van der Waals surface area contributed by atoms with E-state index in [9.17, 15) is 19.5 Å². The zero-order valence-corrected chi connectivity index (χ0v) is 24.3. The van der Waals surface area contributed by atoms with Crippen LogP contribution in [-0.4, -0.2) is 53.5 Å². The van der Waals surface area contributed by atoms with Crippen molar-refractivity contribution in [2.75, 3.05) is 6.61 Å². The Labute approximate surface area is 225 Å². The molecule has 0 bridgehead atoms. The van der Waals surface area contributed by atoms with Crippen molar-refractivity contribution in [1.82, 2.24) is 10.6 Å². The van der Waals surface area contributed by atoms with E-state index in [4.69, 9.17) is 9.47 Å². The number of carbonyl (C=O) groups excluding carboxylic acids is 2. The summed E-state index contributed by atoms with van der Waals surface area (Å²) in [4.78, 5) is 37.4. The fourth-order valence-corrected chi connectivity index (χ4v) is 4.78. The van der Waals surface area contributed by atoms with Crippen LogP contribution in [0.2, 0.25) is 0 Å². The summed E-state index contributed by atoms with van der Waals surface area (Å²) in [6, 6.07) is -1.21. The van der Waals surface area contributed by atoms with E-state index in [2.05, 4.69) is 17.6 Å². The van der Waals surface area contributed by atoms with E-state index < -0.39 is 35.4 Å². The first-order valence-electron chi connectivity index (χ1n) is 14.5. The Morgan fingerprint density at radius 2 is 1.38 bits per heavy atom. The first-order valence-corrected chi connectivity index (χ1v) is 14.5. The maximum Gasteiger partial charge on any atom is 0.305 e. The topological polar surface area (TPSA) is 114 Å². The summed E-state index contributed by atoms with van der Waals surface area (Å²) < 4.78 is 11.6. The monoisotopic (exact) mass is 526 g/mol. The van der Waals surface area contributed by atoms with Gasteiger partial charge < -0.3 is 25.2 Å². The van der Waals surface area contributed by atoms with Crippen molar-refractivity contribution in [3.05, 3.63) is 0 Å². The molecule has 3 atom stereocenters. The Morgan fingerprint density at radius 1 is 0.838 bits per heavy atom. The van der Waals surface area contributed by atoms with Gasteiger partial charge in [0.15, 0.2) is 5.79 Å². The van der Waals surface area contributed by atoms with Gasteiger partial charge in [-0.3, -0.25) is 14.4 Å². The van der Waals surface area contributed by atoms with Gasteiger partial charge in [0.05, 0.1) is 19.1 Å². The predicted molar refractivity (Wildman–Crippen MR) is 146 cm³/mol. The van der Waals surface area contributed by atoms with Crippen molar-refractivity contribution in [2.24, 2.45) is 5.41 Å². The molecule has 8 heteroatoms. The number of carbonyl (C=O) groups is 3. The van der Waals surface area contributed by atoms with Gasteiger partial charge in [-0.2, -0.15) is 0 Å². The molecular weight excluding hydrogens is 472 g/mol. The highest BCUT2D eigenvalue weighted by molar-refractivity contribution is 5.83. The number of ether oxygens (including phenoxy) is 2. The van der Waals surface area contributed by atoms with Crippen molar-refractivity contribution >= 4 is 17.8 Å². The lowest BCUT2D eigenvalue weighted by atomic mass is 9.85. The number of unbranched alkanes of at least 4 members (excludes halogenated alkanes) is 10. The fourth-order valence-electron chi connectivity index (χ4n) is 4.78. The zero-order valence-electron chi connectivity index (χ0n) is 24.3. The van der Waals surface area contributed by atoms with Gasteiger partial charge in [-0.05, 0) is 26.7 Å². The van der Waals surface area contributed by atoms with E-state index >= 15 is 0 Å². The second-order valence-corrected chi connectivity index (χ2v) is 11.8. The van der Waals surface area contributed by atoms with Gasteiger partial charge in [0, 0.05) is 17.9 Å². The minimum atomic E-state index is -1.03. The Kier molecular flexibility index (Phi) is 15.3. The first kappa shape index (κ1) is 33.4. The molecule has 0 aromatic carbocycles. The predicted octanol–water partition coefficient (Wildman–Crippen LogP) is 5.72. The molecule has 0 aromatic heterocycles. The molecule has 1 aliphatic rings. The quantitative estimate of drug-likeness (QED) is 0.186. The third-order valence-electron chi connectivity index (χ3n) is 7.14. The van der Waals surface area contributed by atoms with E-state index in [0.717, 1.165) is 19.3 Å². The molecule has 1 saturated heterocycles. The Hall–Kier alpha value is -1.67. The summed E-state index contributed by atoms with van der Waals surface area (Å²) in [7, 11) is 0. The molecule has 37 heavy (non-hydrogen) atoms. The molecule has 8 nitrogen and oxygen atoms in total. The maximum atomic E-state index is 13.2. The van der Waals surface area contributed by atoms with Crippen molar-refractivity contribution in [3.8, 4) is 0 Å². The Morgan fingerprint density at radius 3 is 1.89 bits per heavy atom. The summed E-state index contributed by atoms with van der Waals surface area (Å²) in [6.45, 7) is 11.7. The van der Waals surface area contributed by atoms with Gasteiger partial charge in [0.2, 0.25) is 11.8 Å². The molecule has 3 N–H and O–H groups in total. The molecular formula is C29H54N2O6. The number of rotatable bonds is 19. The number of hydrogen-bond acceptors (Lipinski definition) is 5. The fraction of sp³-hybridized carbons (Fsp3) is 0.897. The lowest BCUT2D eigenvalue weighted by molar-refractivity contribution is -0.304. The van der Waals surface area contributed by atoms with Crippen LogP contribution in [0, 0.1) is 5.41 Å². The number of nitrogens with one attached hydrogen (secondary N) is 2. The zero-order chi connectivity index (χ0) is 27.9. The number of aliphatic carboxylic acids is 1. The van der Waals surface area contributed by atoms with Crippen molar-refractivity contribution in [1.29, 1.82) is 0 Å². The van der Waals surface area contributed by atoms with Gasteiger partial charge >= 0.3 is 5.97 Å². The number of carboxylic acids is 1. The summed E-state index contributed by atoms with van der Waals surface area (Å²) in [5.41, 5.74) is -0.576. The molecule has 0 spiro atoms. The third kappa shape index (κ3) is 13.6. The largest absolute Gasteiger partial charge is 0.481 e. The van der Waals surface area contributed by atoms with Crippen LogP contribution in [-0.2, 0) is 23.9 Å². The van der Waals surface area contributed by atoms with Crippen LogP contribution in [0.25, 0.3) is 0 Å². The Balaban J connectivity index is 2.50. The lowest BCUT2D eigenvalue weighted by Gasteiger charge is -2.45. The molecule has 0 aliphatic carbocycles.